The average Bonchev–Trinajstić information content (AvgIpc) is 2.44. The highest BCUT2D eigenvalue weighted by Crippen LogP contribution is 2.30. The standard InChI is InChI=1S/C16H15ClO3/c1-20-15-8-3-2-7-13(15)14(16(18)19)10-11-5-4-6-12(17)9-11/h2-9,14H,10H2,1H3,(H,18,19). The molecule has 0 radical (unpaired) electrons. The molecule has 0 amide bonds. The number of carbonyl (C=O) groups is 1. The molecule has 0 aliphatic rings. The fraction of sp³-hybridized carbons (Fsp3) is 0.188. The van der Waals surface area contributed by atoms with Gasteiger partial charge in [-0.05, 0) is 30.2 Å². The molecule has 0 spiro atoms. The van der Waals surface area contributed by atoms with Crippen LogP contribution in [0, 0.1) is 0 Å². The van der Waals surface area contributed by atoms with Crippen molar-refractivity contribution in [1.29, 1.82) is 0 Å². The molecule has 2 aromatic carbocycles. The maximum absolute atomic E-state index is 11.6. The van der Waals surface area contributed by atoms with E-state index in [1.54, 1.807) is 24.3 Å². The maximum atomic E-state index is 11.6. The number of halogens is 1. The highest BCUT2D eigenvalue weighted by molar-refractivity contribution is 6.30. The van der Waals surface area contributed by atoms with Crippen LogP contribution in [0.1, 0.15) is 17.0 Å². The second kappa shape index (κ2) is 6.44. The minimum Gasteiger partial charge on any atom is -0.496 e. The van der Waals surface area contributed by atoms with Crippen molar-refractivity contribution in [2.24, 2.45) is 0 Å². The van der Waals surface area contributed by atoms with E-state index in [0.717, 1.165) is 5.56 Å². The van der Waals surface area contributed by atoms with Crippen molar-refractivity contribution in [1.82, 2.24) is 0 Å². The van der Waals surface area contributed by atoms with Crippen LogP contribution in [0.25, 0.3) is 0 Å². The van der Waals surface area contributed by atoms with Crippen LogP contribution in [-0.4, -0.2) is 18.2 Å². The van der Waals surface area contributed by atoms with Crippen molar-refractivity contribution in [3.8, 4) is 5.75 Å². The van der Waals surface area contributed by atoms with Crippen molar-refractivity contribution in [3.05, 3.63) is 64.7 Å². The third-order valence-electron chi connectivity index (χ3n) is 3.14. The van der Waals surface area contributed by atoms with Crippen molar-refractivity contribution < 1.29 is 14.6 Å². The summed E-state index contributed by atoms with van der Waals surface area (Å²) in [5, 5.41) is 10.1. The molecule has 0 saturated carbocycles. The first-order valence-electron chi connectivity index (χ1n) is 6.22. The number of hydrogen-bond donors (Lipinski definition) is 1. The predicted molar refractivity (Wildman–Crippen MR) is 78.5 cm³/mol. The zero-order chi connectivity index (χ0) is 14.5. The summed E-state index contributed by atoms with van der Waals surface area (Å²) in [4.78, 5) is 11.6. The molecule has 0 aliphatic carbocycles. The molecule has 20 heavy (non-hydrogen) atoms. The molecule has 2 rings (SSSR count). The van der Waals surface area contributed by atoms with E-state index in [-0.39, 0.29) is 0 Å². The molecule has 0 aliphatic heterocycles. The Morgan fingerprint density at radius 2 is 2.00 bits per heavy atom. The van der Waals surface area contributed by atoms with Gasteiger partial charge in [0.1, 0.15) is 5.75 Å². The number of para-hydroxylation sites is 1. The van der Waals surface area contributed by atoms with E-state index >= 15 is 0 Å². The Morgan fingerprint density at radius 3 is 2.65 bits per heavy atom. The number of aliphatic carboxylic acids is 1. The monoisotopic (exact) mass is 290 g/mol. The fourth-order valence-corrected chi connectivity index (χ4v) is 2.40. The van der Waals surface area contributed by atoms with Crippen molar-refractivity contribution in [2.75, 3.05) is 7.11 Å². The molecule has 0 aromatic heterocycles. The lowest BCUT2D eigenvalue weighted by Crippen LogP contribution is -2.15. The Bertz CT molecular complexity index is 610. The van der Waals surface area contributed by atoms with Gasteiger partial charge in [0.2, 0.25) is 0 Å². The van der Waals surface area contributed by atoms with Crippen LogP contribution in [-0.2, 0) is 11.2 Å². The molecule has 1 N–H and O–H groups in total. The summed E-state index contributed by atoms with van der Waals surface area (Å²) in [6.45, 7) is 0. The number of benzene rings is 2. The van der Waals surface area contributed by atoms with Gasteiger partial charge in [-0.15, -0.1) is 0 Å². The summed E-state index contributed by atoms with van der Waals surface area (Å²) in [6.07, 6.45) is 0.371. The zero-order valence-corrected chi connectivity index (χ0v) is 11.8. The molecule has 0 fully saturated rings. The van der Waals surface area contributed by atoms with Crippen LogP contribution >= 0.6 is 11.6 Å². The number of hydrogen-bond acceptors (Lipinski definition) is 2. The number of methoxy groups -OCH3 is 1. The molecular weight excluding hydrogens is 276 g/mol. The molecule has 0 saturated heterocycles. The summed E-state index contributed by atoms with van der Waals surface area (Å²) in [5.41, 5.74) is 1.55. The van der Waals surface area contributed by atoms with E-state index in [9.17, 15) is 9.90 Å². The van der Waals surface area contributed by atoms with Gasteiger partial charge in [0.15, 0.2) is 0 Å². The third-order valence-corrected chi connectivity index (χ3v) is 3.38. The van der Waals surface area contributed by atoms with Crippen LogP contribution in [0.2, 0.25) is 5.02 Å². The summed E-state index contributed by atoms with van der Waals surface area (Å²) in [5.74, 6) is -0.957. The van der Waals surface area contributed by atoms with E-state index < -0.39 is 11.9 Å². The Kier molecular flexibility index (Phi) is 4.64. The lowest BCUT2D eigenvalue weighted by molar-refractivity contribution is -0.138. The van der Waals surface area contributed by atoms with E-state index in [1.165, 1.54) is 7.11 Å². The van der Waals surface area contributed by atoms with E-state index in [1.807, 2.05) is 24.3 Å². The third kappa shape index (κ3) is 3.31. The molecular formula is C16H15ClO3. The number of ether oxygens (including phenoxy) is 1. The van der Waals surface area contributed by atoms with E-state index in [2.05, 4.69) is 0 Å². The van der Waals surface area contributed by atoms with Crippen molar-refractivity contribution >= 4 is 17.6 Å². The van der Waals surface area contributed by atoms with Gasteiger partial charge in [-0.25, -0.2) is 0 Å². The highest BCUT2D eigenvalue weighted by atomic mass is 35.5. The molecule has 1 atom stereocenters. The Hall–Kier alpha value is -2.00. The molecule has 3 nitrogen and oxygen atoms in total. The van der Waals surface area contributed by atoms with Crippen LogP contribution in [0.3, 0.4) is 0 Å². The number of rotatable bonds is 5. The molecule has 104 valence electrons. The smallest absolute Gasteiger partial charge is 0.311 e. The minimum absolute atomic E-state index is 0.371. The Labute approximate surface area is 122 Å². The fourth-order valence-electron chi connectivity index (χ4n) is 2.18. The summed E-state index contributed by atoms with van der Waals surface area (Å²) in [7, 11) is 1.54. The second-order valence-corrected chi connectivity index (χ2v) is 4.90. The summed E-state index contributed by atoms with van der Waals surface area (Å²) < 4.78 is 5.25. The van der Waals surface area contributed by atoms with Gasteiger partial charge in [0.05, 0.1) is 13.0 Å². The Morgan fingerprint density at radius 1 is 1.25 bits per heavy atom. The van der Waals surface area contributed by atoms with Gasteiger partial charge < -0.3 is 9.84 Å². The first-order valence-corrected chi connectivity index (χ1v) is 6.59. The molecule has 4 heteroatoms. The Balaban J connectivity index is 2.34. The quantitative estimate of drug-likeness (QED) is 0.912. The van der Waals surface area contributed by atoms with Gasteiger partial charge in [0.25, 0.3) is 0 Å². The topological polar surface area (TPSA) is 46.5 Å². The van der Waals surface area contributed by atoms with Gasteiger partial charge >= 0.3 is 5.97 Å². The number of carboxylic acids is 1. The second-order valence-electron chi connectivity index (χ2n) is 4.47. The zero-order valence-electron chi connectivity index (χ0n) is 11.0. The van der Waals surface area contributed by atoms with Crippen LogP contribution < -0.4 is 4.74 Å². The van der Waals surface area contributed by atoms with Gasteiger partial charge in [-0.3, -0.25) is 4.79 Å². The molecule has 2 aromatic rings. The van der Waals surface area contributed by atoms with Gasteiger partial charge in [-0.1, -0.05) is 41.9 Å². The lowest BCUT2D eigenvalue weighted by Gasteiger charge is -2.16. The van der Waals surface area contributed by atoms with Crippen LogP contribution in [0.15, 0.2) is 48.5 Å². The highest BCUT2D eigenvalue weighted by Gasteiger charge is 2.23. The first-order chi connectivity index (χ1) is 9.61. The minimum atomic E-state index is -0.880. The molecule has 0 bridgehead atoms. The average molecular weight is 291 g/mol. The first kappa shape index (κ1) is 14.4. The SMILES string of the molecule is COc1ccccc1C(Cc1cccc(Cl)c1)C(=O)O. The van der Waals surface area contributed by atoms with Crippen molar-refractivity contribution in [3.63, 3.8) is 0 Å². The van der Waals surface area contributed by atoms with E-state index in [0.29, 0.717) is 22.8 Å². The van der Waals surface area contributed by atoms with E-state index in [4.69, 9.17) is 16.3 Å². The van der Waals surface area contributed by atoms with Crippen LogP contribution in [0.5, 0.6) is 5.75 Å². The van der Waals surface area contributed by atoms with Crippen LogP contribution in [0.4, 0.5) is 0 Å². The van der Waals surface area contributed by atoms with Crippen molar-refractivity contribution in [2.45, 2.75) is 12.3 Å². The normalized spacial score (nSPS) is 11.9. The van der Waals surface area contributed by atoms with Gasteiger partial charge in [-0.2, -0.15) is 0 Å². The summed E-state index contributed by atoms with van der Waals surface area (Å²) in [6, 6.07) is 14.4. The largest absolute Gasteiger partial charge is 0.496 e. The number of carboxylic acid groups (broad SMARTS) is 1. The van der Waals surface area contributed by atoms with Gasteiger partial charge in [0, 0.05) is 10.6 Å². The maximum Gasteiger partial charge on any atom is 0.311 e. The predicted octanol–water partition coefficient (Wildman–Crippen LogP) is 3.76. The molecule has 1 unspecified atom stereocenters. The summed E-state index contributed by atoms with van der Waals surface area (Å²) >= 11 is 5.94. The lowest BCUT2D eigenvalue weighted by atomic mass is 9.91. The molecule has 0 heterocycles.